The lowest BCUT2D eigenvalue weighted by molar-refractivity contribution is -0.384. The molecule has 0 radical (unpaired) electrons. The first-order valence-corrected chi connectivity index (χ1v) is 7.91. The van der Waals surface area contributed by atoms with Crippen molar-refractivity contribution in [1.82, 2.24) is 10.2 Å². The van der Waals surface area contributed by atoms with Gasteiger partial charge in [-0.05, 0) is 43.3 Å². The molecule has 3 aromatic rings. The second-order valence-corrected chi connectivity index (χ2v) is 5.53. The summed E-state index contributed by atoms with van der Waals surface area (Å²) in [6.07, 6.45) is -0.785. The van der Waals surface area contributed by atoms with E-state index in [1.165, 1.54) is 24.3 Å². The van der Waals surface area contributed by atoms with Gasteiger partial charge < -0.3 is 13.9 Å². The van der Waals surface area contributed by atoms with Gasteiger partial charge in [-0.25, -0.2) is 4.79 Å². The lowest BCUT2D eigenvalue weighted by Gasteiger charge is -2.09. The van der Waals surface area contributed by atoms with E-state index < -0.39 is 17.0 Å². The van der Waals surface area contributed by atoms with E-state index >= 15 is 0 Å². The minimum atomic E-state index is -0.785. The van der Waals surface area contributed by atoms with Crippen LogP contribution in [0.5, 0.6) is 5.75 Å². The lowest BCUT2D eigenvalue weighted by atomic mass is 10.2. The van der Waals surface area contributed by atoms with Gasteiger partial charge in [-0.1, -0.05) is 0 Å². The number of rotatable bonds is 6. The van der Waals surface area contributed by atoms with Crippen LogP contribution >= 0.6 is 0 Å². The fourth-order valence-corrected chi connectivity index (χ4v) is 2.25. The van der Waals surface area contributed by atoms with E-state index in [0.717, 1.165) is 0 Å². The minimum Gasteiger partial charge on any atom is -0.497 e. The highest BCUT2D eigenvalue weighted by molar-refractivity contribution is 5.89. The van der Waals surface area contributed by atoms with Crippen LogP contribution in [0.15, 0.2) is 52.9 Å². The maximum atomic E-state index is 12.2. The standard InChI is InChI=1S/C18H15N3O6/c1-11(26-18(22)13-3-7-14(8-4-13)21(23)24)16-19-20-17(27-16)12-5-9-15(25-2)10-6-12/h3-11H,1-2H3/t11-/m0/s1. The molecule has 0 unspecified atom stereocenters. The Kier molecular flexibility index (Phi) is 5.11. The van der Waals surface area contributed by atoms with Crippen molar-refractivity contribution >= 4 is 11.7 Å². The normalized spacial score (nSPS) is 11.6. The van der Waals surface area contributed by atoms with Crippen LogP contribution in [-0.4, -0.2) is 28.2 Å². The van der Waals surface area contributed by atoms with Gasteiger partial charge in [0.15, 0.2) is 6.10 Å². The second kappa shape index (κ2) is 7.65. The van der Waals surface area contributed by atoms with Crippen LogP contribution in [0, 0.1) is 10.1 Å². The molecule has 9 heteroatoms. The van der Waals surface area contributed by atoms with Crippen LogP contribution in [-0.2, 0) is 4.74 Å². The molecule has 0 N–H and O–H groups in total. The molecule has 0 aliphatic heterocycles. The maximum Gasteiger partial charge on any atom is 0.338 e. The van der Waals surface area contributed by atoms with Crippen LogP contribution < -0.4 is 4.74 Å². The zero-order chi connectivity index (χ0) is 19.4. The fraction of sp³-hybridized carbons (Fsp3) is 0.167. The third kappa shape index (κ3) is 4.09. The molecule has 0 saturated heterocycles. The summed E-state index contributed by atoms with van der Waals surface area (Å²) in [4.78, 5) is 22.3. The van der Waals surface area contributed by atoms with Crippen LogP contribution in [0.2, 0.25) is 0 Å². The number of carbonyl (C=O) groups excluding carboxylic acids is 1. The number of non-ortho nitro benzene ring substituents is 1. The molecule has 0 spiro atoms. The van der Waals surface area contributed by atoms with E-state index in [2.05, 4.69) is 10.2 Å². The molecule has 0 aliphatic rings. The highest BCUT2D eigenvalue weighted by atomic mass is 16.6. The molecule has 2 aromatic carbocycles. The molecule has 0 saturated carbocycles. The second-order valence-electron chi connectivity index (χ2n) is 5.53. The van der Waals surface area contributed by atoms with Crippen molar-refractivity contribution in [2.45, 2.75) is 13.0 Å². The van der Waals surface area contributed by atoms with Crippen molar-refractivity contribution in [2.75, 3.05) is 7.11 Å². The van der Waals surface area contributed by atoms with Gasteiger partial charge >= 0.3 is 5.97 Å². The highest BCUT2D eigenvalue weighted by Crippen LogP contribution is 2.25. The number of aromatic nitrogens is 2. The Bertz CT molecular complexity index is 950. The van der Waals surface area contributed by atoms with Gasteiger partial charge in [0.1, 0.15) is 5.75 Å². The average Bonchev–Trinajstić information content (AvgIpc) is 3.18. The van der Waals surface area contributed by atoms with Crippen molar-refractivity contribution in [3.8, 4) is 17.2 Å². The number of benzene rings is 2. The Hall–Kier alpha value is -3.75. The van der Waals surface area contributed by atoms with E-state index in [4.69, 9.17) is 13.9 Å². The molecule has 1 atom stereocenters. The monoisotopic (exact) mass is 369 g/mol. The van der Waals surface area contributed by atoms with Crippen molar-refractivity contribution < 1.29 is 23.6 Å². The number of hydrogen-bond donors (Lipinski definition) is 0. The number of nitrogens with zero attached hydrogens (tertiary/aromatic N) is 3. The van der Waals surface area contributed by atoms with E-state index in [0.29, 0.717) is 11.3 Å². The Balaban J connectivity index is 1.68. The zero-order valence-electron chi connectivity index (χ0n) is 14.5. The summed E-state index contributed by atoms with van der Waals surface area (Å²) in [6, 6.07) is 12.2. The van der Waals surface area contributed by atoms with E-state index in [1.807, 2.05) is 0 Å². The van der Waals surface area contributed by atoms with Gasteiger partial charge in [0.05, 0.1) is 17.6 Å². The number of nitro groups is 1. The van der Waals surface area contributed by atoms with E-state index in [9.17, 15) is 14.9 Å². The fourth-order valence-electron chi connectivity index (χ4n) is 2.25. The van der Waals surface area contributed by atoms with Crippen molar-refractivity contribution in [3.63, 3.8) is 0 Å². The van der Waals surface area contributed by atoms with Crippen LogP contribution in [0.1, 0.15) is 29.3 Å². The van der Waals surface area contributed by atoms with E-state index in [-0.39, 0.29) is 23.0 Å². The van der Waals surface area contributed by atoms with Crippen LogP contribution in [0.4, 0.5) is 5.69 Å². The zero-order valence-corrected chi connectivity index (χ0v) is 14.5. The Morgan fingerprint density at radius 1 is 1.11 bits per heavy atom. The first-order valence-electron chi connectivity index (χ1n) is 7.91. The summed E-state index contributed by atoms with van der Waals surface area (Å²) in [5.41, 5.74) is 0.770. The summed E-state index contributed by atoms with van der Waals surface area (Å²) < 4.78 is 15.9. The molecule has 27 heavy (non-hydrogen) atoms. The lowest BCUT2D eigenvalue weighted by Crippen LogP contribution is -2.09. The molecule has 0 amide bonds. The van der Waals surface area contributed by atoms with Crippen molar-refractivity contribution in [3.05, 3.63) is 70.1 Å². The molecule has 9 nitrogen and oxygen atoms in total. The smallest absolute Gasteiger partial charge is 0.338 e. The average molecular weight is 369 g/mol. The maximum absolute atomic E-state index is 12.2. The summed E-state index contributed by atoms with van der Waals surface area (Å²) in [6.45, 7) is 1.59. The van der Waals surface area contributed by atoms with E-state index in [1.54, 1.807) is 38.3 Å². The minimum absolute atomic E-state index is 0.111. The predicted molar refractivity (Wildman–Crippen MR) is 93.2 cm³/mol. The van der Waals surface area contributed by atoms with Gasteiger partial charge in [0.25, 0.3) is 11.6 Å². The molecular weight excluding hydrogens is 354 g/mol. The molecule has 3 rings (SSSR count). The van der Waals surface area contributed by atoms with Crippen LogP contribution in [0.25, 0.3) is 11.5 Å². The van der Waals surface area contributed by atoms with Gasteiger partial charge in [-0.3, -0.25) is 10.1 Å². The van der Waals surface area contributed by atoms with Gasteiger partial charge in [0, 0.05) is 17.7 Å². The number of esters is 1. The van der Waals surface area contributed by atoms with Gasteiger partial charge in [-0.15, -0.1) is 10.2 Å². The summed E-state index contributed by atoms with van der Waals surface area (Å²) in [7, 11) is 1.57. The first kappa shape index (κ1) is 18.1. The molecule has 1 heterocycles. The van der Waals surface area contributed by atoms with Crippen molar-refractivity contribution in [2.24, 2.45) is 0 Å². The third-order valence-corrected chi connectivity index (χ3v) is 3.72. The largest absolute Gasteiger partial charge is 0.497 e. The Morgan fingerprint density at radius 2 is 1.78 bits per heavy atom. The molecule has 0 fully saturated rings. The first-order chi connectivity index (χ1) is 13.0. The number of hydrogen-bond acceptors (Lipinski definition) is 8. The van der Waals surface area contributed by atoms with Crippen molar-refractivity contribution in [1.29, 1.82) is 0 Å². The quantitative estimate of drug-likeness (QED) is 0.368. The SMILES string of the molecule is COc1ccc(-c2nnc([C@H](C)OC(=O)c3ccc([N+](=O)[O-])cc3)o2)cc1. The summed E-state index contributed by atoms with van der Waals surface area (Å²) >= 11 is 0. The Morgan fingerprint density at radius 3 is 2.37 bits per heavy atom. The molecule has 138 valence electrons. The summed E-state index contributed by atoms with van der Waals surface area (Å²) in [5, 5.41) is 18.5. The molecular formula is C18H15N3O6. The van der Waals surface area contributed by atoms with Crippen LogP contribution in [0.3, 0.4) is 0 Å². The third-order valence-electron chi connectivity index (χ3n) is 3.72. The summed E-state index contributed by atoms with van der Waals surface area (Å²) in [5.74, 6) is 0.465. The van der Waals surface area contributed by atoms with Gasteiger partial charge in [0.2, 0.25) is 5.89 Å². The molecule has 1 aromatic heterocycles. The number of carbonyl (C=O) groups is 1. The number of nitro benzene ring substituents is 1. The number of ether oxygens (including phenoxy) is 2. The topological polar surface area (TPSA) is 118 Å². The van der Waals surface area contributed by atoms with Gasteiger partial charge in [-0.2, -0.15) is 0 Å². The molecule has 0 bridgehead atoms. The Labute approximate surface area is 153 Å². The predicted octanol–water partition coefficient (Wildman–Crippen LogP) is 3.57. The molecule has 0 aliphatic carbocycles. The number of methoxy groups -OCH3 is 1. The highest BCUT2D eigenvalue weighted by Gasteiger charge is 2.20.